The van der Waals surface area contributed by atoms with Gasteiger partial charge in [-0.2, -0.15) is 0 Å². The molecule has 122 valence electrons. The molecule has 1 aliphatic rings. The van der Waals surface area contributed by atoms with Crippen LogP contribution in [0.1, 0.15) is 44.3 Å². The van der Waals surface area contributed by atoms with Gasteiger partial charge in [-0.05, 0) is 36.8 Å². The molecule has 0 saturated heterocycles. The highest BCUT2D eigenvalue weighted by Gasteiger charge is 2.41. The van der Waals surface area contributed by atoms with Gasteiger partial charge in [0, 0.05) is 5.02 Å². The summed E-state index contributed by atoms with van der Waals surface area (Å²) in [5, 5.41) is 9.71. The van der Waals surface area contributed by atoms with E-state index >= 15 is 0 Å². The van der Waals surface area contributed by atoms with Gasteiger partial charge < -0.3 is 5.11 Å². The number of rotatable bonds is 4. The quantitative estimate of drug-likeness (QED) is 0.863. The summed E-state index contributed by atoms with van der Waals surface area (Å²) in [4.78, 5) is 37.7. The molecule has 1 unspecified atom stereocenters. The van der Waals surface area contributed by atoms with Crippen molar-refractivity contribution in [3.63, 3.8) is 0 Å². The van der Waals surface area contributed by atoms with Gasteiger partial charge in [0.05, 0.1) is 23.6 Å². The minimum Gasteiger partial charge on any atom is -0.481 e. The van der Waals surface area contributed by atoms with E-state index in [9.17, 15) is 19.5 Å². The van der Waals surface area contributed by atoms with Crippen molar-refractivity contribution >= 4 is 29.4 Å². The Hall–Kier alpha value is -2.66. The van der Waals surface area contributed by atoms with Crippen LogP contribution in [0.15, 0.2) is 42.5 Å². The summed E-state index contributed by atoms with van der Waals surface area (Å²) in [5.41, 5.74) is 2.02. The van der Waals surface area contributed by atoms with E-state index in [0.29, 0.717) is 21.7 Å². The van der Waals surface area contributed by atoms with Crippen LogP contribution >= 0.6 is 11.6 Å². The van der Waals surface area contributed by atoms with Gasteiger partial charge in [0.2, 0.25) is 0 Å². The molecule has 0 fully saturated rings. The zero-order valence-electron chi connectivity index (χ0n) is 12.8. The molecule has 5 nitrogen and oxygen atoms in total. The number of fused-ring (bicyclic) bond motifs is 1. The van der Waals surface area contributed by atoms with Crippen molar-refractivity contribution in [3.8, 4) is 0 Å². The van der Waals surface area contributed by atoms with Gasteiger partial charge in [0.1, 0.15) is 0 Å². The summed E-state index contributed by atoms with van der Waals surface area (Å²) in [6, 6.07) is 10.6. The summed E-state index contributed by atoms with van der Waals surface area (Å²) in [6.45, 7) is 1.83. The fraction of sp³-hybridized carbons (Fsp3) is 0.167. The van der Waals surface area contributed by atoms with E-state index in [4.69, 9.17) is 11.6 Å². The van der Waals surface area contributed by atoms with Crippen LogP contribution in [0.2, 0.25) is 5.02 Å². The maximum absolute atomic E-state index is 12.7. The van der Waals surface area contributed by atoms with Gasteiger partial charge in [-0.1, -0.05) is 35.4 Å². The van der Waals surface area contributed by atoms with Crippen LogP contribution in [0.4, 0.5) is 0 Å². The highest BCUT2D eigenvalue weighted by molar-refractivity contribution is 6.30. The van der Waals surface area contributed by atoms with Crippen molar-refractivity contribution in [1.82, 2.24) is 4.90 Å². The van der Waals surface area contributed by atoms with E-state index < -0.39 is 23.8 Å². The van der Waals surface area contributed by atoms with Crippen molar-refractivity contribution in [2.75, 3.05) is 0 Å². The highest BCUT2D eigenvalue weighted by Crippen LogP contribution is 2.34. The number of hydrogen-bond acceptors (Lipinski definition) is 3. The number of benzene rings is 2. The number of carboxylic acid groups (broad SMARTS) is 1. The number of aryl methyl sites for hydroxylation is 1. The molecule has 0 aliphatic carbocycles. The molecule has 2 amide bonds. The number of carboxylic acids is 1. The lowest BCUT2D eigenvalue weighted by molar-refractivity contribution is -0.138. The first kappa shape index (κ1) is 16.2. The predicted molar refractivity (Wildman–Crippen MR) is 88.1 cm³/mol. The van der Waals surface area contributed by atoms with Gasteiger partial charge in [-0.15, -0.1) is 0 Å². The fourth-order valence-corrected chi connectivity index (χ4v) is 2.99. The molecule has 2 aromatic carbocycles. The molecule has 1 atom stereocenters. The normalized spacial score (nSPS) is 14.7. The van der Waals surface area contributed by atoms with Gasteiger partial charge in [0.25, 0.3) is 11.8 Å². The maximum atomic E-state index is 12.7. The van der Waals surface area contributed by atoms with Crippen LogP contribution in [0.3, 0.4) is 0 Å². The molecule has 1 N–H and O–H groups in total. The molecule has 0 aromatic heterocycles. The number of aliphatic carboxylic acids is 1. The second kappa shape index (κ2) is 6.09. The zero-order chi connectivity index (χ0) is 17.4. The first-order valence-corrected chi connectivity index (χ1v) is 7.72. The summed E-state index contributed by atoms with van der Waals surface area (Å²) in [6.07, 6.45) is -0.369. The van der Waals surface area contributed by atoms with Crippen LogP contribution in [-0.2, 0) is 4.79 Å². The molecule has 0 radical (unpaired) electrons. The lowest BCUT2D eigenvalue weighted by Crippen LogP contribution is -2.35. The number of imide groups is 1. The molecule has 0 saturated carbocycles. The topological polar surface area (TPSA) is 74.7 Å². The second-order valence-electron chi connectivity index (χ2n) is 5.69. The third kappa shape index (κ3) is 2.78. The Morgan fingerprint density at radius 1 is 1.08 bits per heavy atom. The maximum Gasteiger partial charge on any atom is 0.305 e. The molecule has 24 heavy (non-hydrogen) atoms. The van der Waals surface area contributed by atoms with E-state index in [1.807, 2.05) is 6.92 Å². The number of halogens is 1. The van der Waals surface area contributed by atoms with Crippen LogP contribution < -0.4 is 0 Å². The number of amides is 2. The summed E-state index contributed by atoms with van der Waals surface area (Å²) < 4.78 is 0. The Labute approximate surface area is 143 Å². The van der Waals surface area contributed by atoms with E-state index in [1.54, 1.807) is 42.5 Å². The third-order valence-electron chi connectivity index (χ3n) is 4.01. The van der Waals surface area contributed by atoms with Crippen molar-refractivity contribution in [2.24, 2.45) is 0 Å². The Kier molecular flexibility index (Phi) is 4.11. The van der Waals surface area contributed by atoms with Gasteiger partial charge in [0.15, 0.2) is 0 Å². The molecular weight excluding hydrogens is 330 g/mol. The zero-order valence-corrected chi connectivity index (χ0v) is 13.6. The van der Waals surface area contributed by atoms with E-state index in [2.05, 4.69) is 0 Å². The van der Waals surface area contributed by atoms with Crippen molar-refractivity contribution in [3.05, 3.63) is 69.7 Å². The smallest absolute Gasteiger partial charge is 0.305 e. The number of carbonyl (C=O) groups excluding carboxylic acids is 2. The van der Waals surface area contributed by atoms with Gasteiger partial charge in [-0.3, -0.25) is 19.3 Å². The summed E-state index contributed by atoms with van der Waals surface area (Å²) in [7, 11) is 0. The number of nitrogens with zero attached hydrogens (tertiary/aromatic N) is 1. The lowest BCUT2D eigenvalue weighted by atomic mass is 10.0. The summed E-state index contributed by atoms with van der Waals surface area (Å²) in [5.74, 6) is -2.04. The molecule has 1 aliphatic heterocycles. The molecule has 2 aromatic rings. The minimum atomic E-state index is -1.09. The van der Waals surface area contributed by atoms with E-state index in [0.717, 1.165) is 10.5 Å². The minimum absolute atomic E-state index is 0.301. The van der Waals surface area contributed by atoms with Crippen LogP contribution in [-0.4, -0.2) is 27.8 Å². The number of carbonyl (C=O) groups is 3. The average molecular weight is 344 g/mol. The van der Waals surface area contributed by atoms with Crippen molar-refractivity contribution < 1.29 is 19.5 Å². The SMILES string of the molecule is Cc1ccc2c(c1)C(=O)N(C(CC(=O)O)c1ccc(Cl)cc1)C2=O. The third-order valence-corrected chi connectivity index (χ3v) is 4.26. The van der Waals surface area contributed by atoms with E-state index in [1.165, 1.54) is 0 Å². The monoisotopic (exact) mass is 343 g/mol. The lowest BCUT2D eigenvalue weighted by Gasteiger charge is -2.25. The largest absolute Gasteiger partial charge is 0.481 e. The molecule has 3 rings (SSSR count). The average Bonchev–Trinajstić information content (AvgIpc) is 2.77. The predicted octanol–water partition coefficient (Wildman–Crippen LogP) is 3.46. The van der Waals surface area contributed by atoms with Crippen molar-refractivity contribution in [2.45, 2.75) is 19.4 Å². The van der Waals surface area contributed by atoms with Crippen LogP contribution in [0.5, 0.6) is 0 Å². The van der Waals surface area contributed by atoms with Crippen LogP contribution in [0.25, 0.3) is 0 Å². The van der Waals surface area contributed by atoms with Gasteiger partial charge >= 0.3 is 5.97 Å². The number of hydrogen-bond donors (Lipinski definition) is 1. The van der Waals surface area contributed by atoms with Crippen LogP contribution in [0, 0.1) is 6.92 Å². The Morgan fingerprint density at radius 3 is 2.33 bits per heavy atom. The standard InChI is InChI=1S/C18H14ClNO4/c1-10-2-7-13-14(8-10)18(24)20(17(13)23)15(9-16(21)22)11-3-5-12(19)6-4-11/h2-8,15H,9H2,1H3,(H,21,22). The molecule has 0 spiro atoms. The molecular formula is C18H14ClNO4. The first-order chi connectivity index (χ1) is 11.4. The second-order valence-corrected chi connectivity index (χ2v) is 6.13. The Morgan fingerprint density at radius 2 is 1.71 bits per heavy atom. The Bertz CT molecular complexity index is 845. The molecule has 0 bridgehead atoms. The molecule has 6 heteroatoms. The van der Waals surface area contributed by atoms with E-state index in [-0.39, 0.29) is 6.42 Å². The van der Waals surface area contributed by atoms with Crippen molar-refractivity contribution in [1.29, 1.82) is 0 Å². The summed E-state index contributed by atoms with van der Waals surface area (Å²) >= 11 is 5.87. The Balaban J connectivity index is 2.05. The first-order valence-electron chi connectivity index (χ1n) is 7.34. The fourth-order valence-electron chi connectivity index (χ4n) is 2.86. The highest BCUT2D eigenvalue weighted by atomic mass is 35.5. The molecule has 1 heterocycles. The van der Waals surface area contributed by atoms with Gasteiger partial charge in [-0.25, -0.2) is 0 Å².